The summed E-state index contributed by atoms with van der Waals surface area (Å²) in [5.74, 6) is 0. The molecule has 0 aliphatic carbocycles. The van der Waals surface area contributed by atoms with E-state index in [1.807, 2.05) is 6.08 Å². The summed E-state index contributed by atoms with van der Waals surface area (Å²) in [7, 11) is 0. The molecule has 0 aliphatic rings. The van der Waals surface area contributed by atoms with Crippen molar-refractivity contribution < 1.29 is 0 Å². The van der Waals surface area contributed by atoms with Crippen molar-refractivity contribution in [1.82, 2.24) is 0 Å². The van der Waals surface area contributed by atoms with Gasteiger partial charge in [0.25, 0.3) is 0 Å². The Hall–Kier alpha value is -0.520. The average Bonchev–Trinajstić information content (AvgIpc) is 2.39. The van der Waals surface area contributed by atoms with Crippen LogP contribution in [-0.2, 0) is 0 Å². The first-order valence-electron chi connectivity index (χ1n) is 7.97. The van der Waals surface area contributed by atoms with E-state index in [-0.39, 0.29) is 0 Å². The average molecular weight is 249 g/mol. The first-order chi connectivity index (χ1) is 8.91. The minimum Gasteiger partial charge on any atom is -0.103 e. The minimum absolute atomic E-state index is 1.11. The summed E-state index contributed by atoms with van der Waals surface area (Å²) in [6, 6.07) is 0. The van der Waals surface area contributed by atoms with Crippen molar-refractivity contribution in [1.29, 1.82) is 0 Å². The number of hydrogen-bond donors (Lipinski definition) is 0. The van der Waals surface area contributed by atoms with E-state index in [4.69, 9.17) is 0 Å². The highest BCUT2D eigenvalue weighted by Gasteiger charge is 1.90. The quantitative estimate of drug-likeness (QED) is 0.239. The summed E-state index contributed by atoms with van der Waals surface area (Å²) in [4.78, 5) is 0. The molecule has 0 aromatic rings. The molecular formula is C18H33. The zero-order valence-corrected chi connectivity index (χ0v) is 12.3. The van der Waals surface area contributed by atoms with E-state index in [2.05, 4.69) is 25.7 Å². The van der Waals surface area contributed by atoms with Crippen molar-refractivity contribution >= 4 is 0 Å². The topological polar surface area (TPSA) is 0 Å². The molecule has 105 valence electrons. The summed E-state index contributed by atoms with van der Waals surface area (Å²) in [6.45, 7) is 7.61. The van der Waals surface area contributed by atoms with Gasteiger partial charge in [-0.15, -0.1) is 6.58 Å². The molecule has 0 N–H and O–H groups in total. The van der Waals surface area contributed by atoms with Crippen molar-refractivity contribution in [3.63, 3.8) is 0 Å². The molecule has 0 heteroatoms. The second kappa shape index (κ2) is 16.5. The molecular weight excluding hydrogens is 216 g/mol. The molecule has 0 fully saturated rings. The molecule has 18 heavy (non-hydrogen) atoms. The summed E-state index contributed by atoms with van der Waals surface area (Å²) < 4.78 is 0. The smallest absolute Gasteiger partial charge is 0.0351 e. The third-order valence-corrected chi connectivity index (χ3v) is 3.32. The van der Waals surface area contributed by atoms with Gasteiger partial charge in [-0.2, -0.15) is 0 Å². The van der Waals surface area contributed by atoms with Gasteiger partial charge in [-0.1, -0.05) is 70.1 Å². The normalized spacial score (nSPS) is 11.2. The van der Waals surface area contributed by atoms with Gasteiger partial charge in [0.05, 0.1) is 0 Å². The maximum absolute atomic E-state index is 3.87. The van der Waals surface area contributed by atoms with E-state index in [9.17, 15) is 0 Å². The highest BCUT2D eigenvalue weighted by Crippen LogP contribution is 2.10. The Balaban J connectivity index is 3.01. The Morgan fingerprint density at radius 1 is 0.556 bits per heavy atom. The molecule has 0 rings (SSSR count). The Labute approximate surface area is 116 Å². The lowest BCUT2D eigenvalue weighted by atomic mass is 10.1. The van der Waals surface area contributed by atoms with Gasteiger partial charge in [-0.05, 0) is 38.5 Å². The van der Waals surface area contributed by atoms with Gasteiger partial charge in [0.15, 0.2) is 0 Å². The molecule has 0 atom stereocenters. The van der Waals surface area contributed by atoms with E-state index in [1.54, 1.807) is 0 Å². The fourth-order valence-corrected chi connectivity index (χ4v) is 2.11. The van der Waals surface area contributed by atoms with E-state index >= 15 is 0 Å². The Morgan fingerprint density at radius 2 is 1.00 bits per heavy atom. The fraction of sp³-hybridized carbons (Fsp3) is 0.722. The standard InChI is InChI=1S/C18H33/c1-3-5-7-9-11-13-15-17-18-16-14-12-10-8-6-4-2/h3,13,15H,1-2,4-12,14,16-18H2. The van der Waals surface area contributed by atoms with Gasteiger partial charge in [0.1, 0.15) is 0 Å². The van der Waals surface area contributed by atoms with Crippen LogP contribution in [0.25, 0.3) is 0 Å². The molecule has 0 heterocycles. The Bertz CT molecular complexity index is 178. The lowest BCUT2D eigenvalue weighted by molar-refractivity contribution is 0.583. The Kier molecular flexibility index (Phi) is 16.0. The largest absolute Gasteiger partial charge is 0.103 e. The van der Waals surface area contributed by atoms with Gasteiger partial charge in [0.2, 0.25) is 0 Å². The third-order valence-electron chi connectivity index (χ3n) is 3.32. The lowest BCUT2D eigenvalue weighted by Gasteiger charge is -1.99. The summed E-state index contributed by atoms with van der Waals surface area (Å²) in [5.41, 5.74) is 0. The third kappa shape index (κ3) is 15.5. The number of hydrogen-bond acceptors (Lipinski definition) is 0. The zero-order chi connectivity index (χ0) is 13.3. The number of unbranched alkanes of at least 4 members (excludes halogenated alkanes) is 11. The summed E-state index contributed by atoms with van der Waals surface area (Å²) in [6.07, 6.45) is 23.9. The van der Waals surface area contributed by atoms with Crippen molar-refractivity contribution in [2.45, 2.75) is 83.5 Å². The van der Waals surface area contributed by atoms with Crippen molar-refractivity contribution in [3.05, 3.63) is 31.7 Å². The van der Waals surface area contributed by atoms with Crippen molar-refractivity contribution in [2.75, 3.05) is 0 Å². The molecule has 0 unspecified atom stereocenters. The van der Waals surface area contributed by atoms with Crippen LogP contribution in [0.3, 0.4) is 0 Å². The SMILES string of the molecule is [CH2]CCCCCCCCCC=CCCCCC=C. The van der Waals surface area contributed by atoms with Crippen LogP contribution >= 0.6 is 0 Å². The first kappa shape index (κ1) is 17.5. The maximum Gasteiger partial charge on any atom is -0.0351 e. The molecule has 0 nitrogen and oxygen atoms in total. The van der Waals surface area contributed by atoms with Crippen LogP contribution < -0.4 is 0 Å². The number of rotatable bonds is 14. The van der Waals surface area contributed by atoms with Gasteiger partial charge in [0, 0.05) is 0 Å². The van der Waals surface area contributed by atoms with Crippen LogP contribution in [0.15, 0.2) is 24.8 Å². The van der Waals surface area contributed by atoms with Crippen LogP contribution in [0.5, 0.6) is 0 Å². The molecule has 0 bridgehead atoms. The molecule has 0 saturated heterocycles. The second-order valence-electron chi connectivity index (χ2n) is 5.16. The van der Waals surface area contributed by atoms with Gasteiger partial charge in [-0.3, -0.25) is 0 Å². The Morgan fingerprint density at radius 3 is 1.56 bits per heavy atom. The van der Waals surface area contributed by atoms with Crippen LogP contribution in [0, 0.1) is 6.92 Å². The molecule has 0 aromatic carbocycles. The van der Waals surface area contributed by atoms with Crippen LogP contribution in [0.2, 0.25) is 0 Å². The zero-order valence-electron chi connectivity index (χ0n) is 12.3. The predicted octanol–water partition coefficient (Wildman–Crippen LogP) is 6.63. The highest BCUT2D eigenvalue weighted by molar-refractivity contribution is 4.81. The fourth-order valence-electron chi connectivity index (χ4n) is 2.11. The van der Waals surface area contributed by atoms with E-state index < -0.39 is 0 Å². The molecule has 0 aromatic heterocycles. The summed E-state index contributed by atoms with van der Waals surface area (Å²) in [5, 5.41) is 0. The van der Waals surface area contributed by atoms with Crippen molar-refractivity contribution in [3.8, 4) is 0 Å². The first-order valence-corrected chi connectivity index (χ1v) is 7.97. The second-order valence-corrected chi connectivity index (χ2v) is 5.16. The van der Waals surface area contributed by atoms with Crippen molar-refractivity contribution in [2.24, 2.45) is 0 Å². The molecule has 0 amide bonds. The van der Waals surface area contributed by atoms with E-state index in [1.165, 1.54) is 77.0 Å². The highest BCUT2D eigenvalue weighted by atomic mass is 14.0. The van der Waals surface area contributed by atoms with Crippen LogP contribution in [0.4, 0.5) is 0 Å². The minimum atomic E-state index is 1.11. The van der Waals surface area contributed by atoms with E-state index in [0.29, 0.717) is 0 Å². The van der Waals surface area contributed by atoms with E-state index in [0.717, 1.165) is 6.42 Å². The van der Waals surface area contributed by atoms with Gasteiger partial charge >= 0.3 is 0 Å². The van der Waals surface area contributed by atoms with Crippen LogP contribution in [-0.4, -0.2) is 0 Å². The van der Waals surface area contributed by atoms with Crippen LogP contribution in [0.1, 0.15) is 83.5 Å². The number of allylic oxidation sites excluding steroid dienone is 3. The molecule has 1 radical (unpaired) electrons. The lowest BCUT2D eigenvalue weighted by Crippen LogP contribution is -1.80. The predicted molar refractivity (Wildman–Crippen MR) is 84.7 cm³/mol. The monoisotopic (exact) mass is 249 g/mol. The molecule has 0 aliphatic heterocycles. The van der Waals surface area contributed by atoms with Gasteiger partial charge in [-0.25, -0.2) is 0 Å². The summed E-state index contributed by atoms with van der Waals surface area (Å²) >= 11 is 0. The van der Waals surface area contributed by atoms with Gasteiger partial charge < -0.3 is 0 Å². The molecule has 0 spiro atoms. The maximum atomic E-state index is 3.87. The molecule has 0 saturated carbocycles.